The molecular formula is C41H43Cl2N7O. The molecule has 8 nitrogen and oxygen atoms in total. The molecule has 4 heterocycles. The molecule has 3 aromatic carbocycles. The van der Waals surface area contributed by atoms with Gasteiger partial charge in [0.05, 0.1) is 29.4 Å². The highest BCUT2D eigenvalue weighted by Gasteiger charge is 2.29. The van der Waals surface area contributed by atoms with Crippen molar-refractivity contribution in [3.63, 3.8) is 0 Å². The maximum Gasteiger partial charge on any atom is 0.272 e. The number of aromatic amines is 1. The van der Waals surface area contributed by atoms with Crippen molar-refractivity contribution in [1.29, 1.82) is 0 Å². The van der Waals surface area contributed by atoms with E-state index in [1.54, 1.807) is 6.20 Å². The fourth-order valence-corrected chi connectivity index (χ4v) is 7.54. The number of pyridine rings is 1. The number of hydrogen-bond acceptors (Lipinski definition) is 5. The number of benzene rings is 3. The van der Waals surface area contributed by atoms with Crippen LogP contribution in [0.1, 0.15) is 68.5 Å². The number of rotatable bonds is 11. The predicted molar refractivity (Wildman–Crippen MR) is 210 cm³/mol. The lowest BCUT2D eigenvalue weighted by atomic mass is 9.99. The largest absolute Gasteiger partial charge is 0.355 e. The zero-order chi connectivity index (χ0) is 35.5. The molecule has 51 heavy (non-hydrogen) atoms. The molecular weight excluding hydrogens is 677 g/mol. The Bertz CT molecular complexity index is 2110. The Labute approximate surface area is 309 Å². The summed E-state index contributed by atoms with van der Waals surface area (Å²) < 4.78 is 2.13. The second-order valence-electron chi connectivity index (χ2n) is 13.3. The van der Waals surface area contributed by atoms with Crippen LogP contribution in [-0.4, -0.2) is 50.6 Å². The lowest BCUT2D eigenvalue weighted by Crippen LogP contribution is -2.46. The highest BCUT2D eigenvalue weighted by molar-refractivity contribution is 6.31. The molecule has 7 rings (SSSR count). The molecule has 3 aromatic heterocycles. The molecule has 1 atom stereocenters. The van der Waals surface area contributed by atoms with Crippen molar-refractivity contribution in [2.45, 2.75) is 64.6 Å². The number of nitrogens with zero attached hydrogens (tertiary/aromatic N) is 4. The summed E-state index contributed by atoms with van der Waals surface area (Å²) in [6.45, 7) is 8.32. The van der Waals surface area contributed by atoms with Crippen LogP contribution in [0.5, 0.6) is 0 Å². The summed E-state index contributed by atoms with van der Waals surface area (Å²) in [7, 11) is 0. The monoisotopic (exact) mass is 719 g/mol. The minimum absolute atomic E-state index is 0.123. The van der Waals surface area contributed by atoms with Crippen molar-refractivity contribution in [1.82, 2.24) is 24.8 Å². The van der Waals surface area contributed by atoms with E-state index in [0.717, 1.165) is 83.6 Å². The normalized spacial score (nSPS) is 14.4. The first-order valence-electron chi connectivity index (χ1n) is 17.8. The van der Waals surface area contributed by atoms with Crippen LogP contribution in [0.4, 0.5) is 11.5 Å². The van der Waals surface area contributed by atoms with E-state index in [0.29, 0.717) is 33.5 Å². The number of halogens is 2. The predicted octanol–water partition coefficient (Wildman–Crippen LogP) is 10.0. The van der Waals surface area contributed by atoms with Crippen LogP contribution < -0.4 is 15.5 Å². The molecule has 1 aliphatic heterocycles. The molecule has 1 aliphatic rings. The molecule has 0 unspecified atom stereocenters. The van der Waals surface area contributed by atoms with Gasteiger partial charge in [0.25, 0.3) is 5.91 Å². The van der Waals surface area contributed by atoms with Gasteiger partial charge < -0.3 is 25.1 Å². The molecule has 0 spiro atoms. The summed E-state index contributed by atoms with van der Waals surface area (Å²) in [6, 6.07) is 28.3. The van der Waals surface area contributed by atoms with Crippen LogP contribution in [-0.2, 0) is 0 Å². The van der Waals surface area contributed by atoms with Crippen molar-refractivity contribution in [3.05, 3.63) is 119 Å². The zero-order valence-electron chi connectivity index (χ0n) is 29.2. The van der Waals surface area contributed by atoms with Gasteiger partial charge in [-0.15, -0.1) is 0 Å². The maximum absolute atomic E-state index is 14.6. The van der Waals surface area contributed by atoms with Gasteiger partial charge in [-0.25, -0.2) is 9.97 Å². The van der Waals surface area contributed by atoms with E-state index in [2.05, 4.69) is 45.9 Å². The summed E-state index contributed by atoms with van der Waals surface area (Å²) in [5.74, 6) is 0.502. The smallest absolute Gasteiger partial charge is 0.272 e. The Balaban J connectivity index is 1.29. The van der Waals surface area contributed by atoms with E-state index in [1.807, 2.05) is 91.3 Å². The summed E-state index contributed by atoms with van der Waals surface area (Å²) in [4.78, 5) is 30.1. The van der Waals surface area contributed by atoms with Crippen molar-refractivity contribution in [2.24, 2.45) is 0 Å². The van der Waals surface area contributed by atoms with Gasteiger partial charge in [-0.05, 0) is 74.6 Å². The van der Waals surface area contributed by atoms with Gasteiger partial charge in [0.1, 0.15) is 5.69 Å². The molecule has 0 bridgehead atoms. The lowest BCUT2D eigenvalue weighted by molar-refractivity contribution is 0.102. The second-order valence-corrected chi connectivity index (χ2v) is 14.2. The second kappa shape index (κ2) is 15.3. The summed E-state index contributed by atoms with van der Waals surface area (Å²) in [5.41, 5.74) is 6.18. The number of hydrogen-bond donors (Lipinski definition) is 3. The average molecular weight is 721 g/mol. The molecule has 10 heteroatoms. The quantitative estimate of drug-likeness (QED) is 0.124. The Morgan fingerprint density at radius 3 is 2.37 bits per heavy atom. The van der Waals surface area contributed by atoms with Gasteiger partial charge in [-0.2, -0.15) is 0 Å². The first kappa shape index (κ1) is 34.8. The van der Waals surface area contributed by atoms with Crippen LogP contribution >= 0.6 is 23.2 Å². The number of carbonyl (C=O) groups excluding carboxylic acids is 1. The van der Waals surface area contributed by atoms with E-state index >= 15 is 0 Å². The van der Waals surface area contributed by atoms with E-state index in [1.165, 1.54) is 0 Å². The van der Waals surface area contributed by atoms with Gasteiger partial charge in [0.15, 0.2) is 5.82 Å². The Morgan fingerprint density at radius 1 is 0.922 bits per heavy atom. The van der Waals surface area contributed by atoms with Crippen LogP contribution in [0, 0.1) is 0 Å². The van der Waals surface area contributed by atoms with E-state index in [-0.39, 0.29) is 11.9 Å². The third kappa shape index (κ3) is 7.27. The standard InChI is InChI=1S/C41H43Cl2N7O/c1-4-31(5-2)46-32-19-22-49(23-20-32)40-34(12-9-21-44-40)48-41(51)38-36(33-18-17-30(43)24-35(33)47-38)39-37(28-10-7-6-8-11-28)45-25-50(39)26(3)27-13-15-29(42)16-14-27/h6-18,21,24-26,31-32,46-47H,4-5,19-20,22-23H2,1-3H3,(H,48,51)/t26-/m0/s1. The number of H-pyrrole nitrogens is 1. The fraction of sp³-hybridized carbons (Fsp3) is 0.293. The SMILES string of the molecule is CCC(CC)NC1CCN(c2ncccc2NC(=O)c2[nH]c3cc(Cl)ccc3c2-c2c(-c3ccccc3)ncn2[C@@H](C)c2ccc(Cl)cc2)CC1. The third-order valence-corrected chi connectivity index (χ3v) is 10.6. The van der Waals surface area contributed by atoms with Crippen LogP contribution in [0.2, 0.25) is 10.0 Å². The number of carbonyl (C=O) groups is 1. The fourth-order valence-electron chi connectivity index (χ4n) is 7.24. The highest BCUT2D eigenvalue weighted by atomic mass is 35.5. The number of fused-ring (bicyclic) bond motifs is 1. The molecule has 1 saturated heterocycles. The van der Waals surface area contributed by atoms with E-state index in [9.17, 15) is 4.79 Å². The van der Waals surface area contributed by atoms with Gasteiger partial charge >= 0.3 is 0 Å². The number of nitrogens with one attached hydrogen (secondary N) is 3. The Morgan fingerprint density at radius 2 is 1.65 bits per heavy atom. The Kier molecular flexibility index (Phi) is 10.5. The first-order valence-corrected chi connectivity index (χ1v) is 18.6. The zero-order valence-corrected chi connectivity index (χ0v) is 30.7. The molecule has 0 saturated carbocycles. The molecule has 0 aliphatic carbocycles. The van der Waals surface area contributed by atoms with Crippen LogP contribution in [0.25, 0.3) is 33.4 Å². The number of anilines is 2. The minimum atomic E-state index is -0.275. The maximum atomic E-state index is 14.6. The average Bonchev–Trinajstić information content (AvgIpc) is 3.76. The third-order valence-electron chi connectivity index (χ3n) is 10.1. The lowest BCUT2D eigenvalue weighted by Gasteiger charge is -2.35. The van der Waals surface area contributed by atoms with Gasteiger partial charge in [0.2, 0.25) is 0 Å². The first-order chi connectivity index (χ1) is 24.8. The summed E-state index contributed by atoms with van der Waals surface area (Å²) in [5, 5.41) is 9.19. The number of piperidine rings is 1. The number of amides is 1. The molecule has 1 fully saturated rings. The van der Waals surface area contributed by atoms with Gasteiger partial charge in [-0.1, -0.05) is 85.6 Å². The van der Waals surface area contributed by atoms with Crippen LogP contribution in [0.3, 0.4) is 0 Å². The molecule has 262 valence electrons. The molecule has 6 aromatic rings. The summed E-state index contributed by atoms with van der Waals surface area (Å²) >= 11 is 12.8. The molecule has 0 radical (unpaired) electrons. The number of imidazole rings is 1. The van der Waals surface area contributed by atoms with Crippen molar-refractivity contribution < 1.29 is 4.79 Å². The molecule has 1 amide bonds. The van der Waals surface area contributed by atoms with Gasteiger partial charge in [0, 0.05) is 63.4 Å². The summed E-state index contributed by atoms with van der Waals surface area (Å²) in [6.07, 6.45) is 7.94. The van der Waals surface area contributed by atoms with E-state index in [4.69, 9.17) is 33.2 Å². The number of aromatic nitrogens is 4. The highest BCUT2D eigenvalue weighted by Crippen LogP contribution is 2.42. The van der Waals surface area contributed by atoms with E-state index < -0.39 is 0 Å². The Hall–Kier alpha value is -4.63. The van der Waals surface area contributed by atoms with Crippen molar-refractivity contribution in [3.8, 4) is 22.5 Å². The van der Waals surface area contributed by atoms with Crippen molar-refractivity contribution >= 4 is 51.5 Å². The van der Waals surface area contributed by atoms with Crippen molar-refractivity contribution in [2.75, 3.05) is 23.3 Å². The van der Waals surface area contributed by atoms with Gasteiger partial charge in [-0.3, -0.25) is 4.79 Å². The topological polar surface area (TPSA) is 90.9 Å². The van der Waals surface area contributed by atoms with Crippen LogP contribution in [0.15, 0.2) is 97.5 Å². The minimum Gasteiger partial charge on any atom is -0.355 e. The molecule has 3 N–H and O–H groups in total.